The van der Waals surface area contributed by atoms with Gasteiger partial charge in [0, 0.05) is 25.7 Å². The number of hydrogen-bond acceptors (Lipinski definition) is 5. The van der Waals surface area contributed by atoms with Crippen LogP contribution < -0.4 is 10.9 Å². The first-order chi connectivity index (χ1) is 12.6. The number of hydrogen-bond donors (Lipinski definition) is 1. The van der Waals surface area contributed by atoms with Crippen molar-refractivity contribution in [2.24, 2.45) is 0 Å². The van der Waals surface area contributed by atoms with Crippen LogP contribution in [0.15, 0.2) is 29.2 Å². The average molecular weight is 421 g/mol. The number of sulfonamides is 1. The van der Waals surface area contributed by atoms with Gasteiger partial charge in [0.2, 0.25) is 10.0 Å². The molecule has 27 heavy (non-hydrogen) atoms. The molecule has 0 atom stereocenters. The zero-order valence-electron chi connectivity index (χ0n) is 14.7. The fraction of sp³-hybridized carbons (Fsp3) is 0.375. The molecule has 7 nitrogen and oxygen atoms in total. The highest BCUT2D eigenvalue weighted by Crippen LogP contribution is 2.18. The van der Waals surface area contributed by atoms with Gasteiger partial charge in [0.15, 0.2) is 5.82 Å². The summed E-state index contributed by atoms with van der Waals surface area (Å²) in [6.07, 6.45) is 2.87. The molecule has 0 fully saturated rings. The lowest BCUT2D eigenvalue weighted by atomic mass is 10.3. The molecule has 1 aromatic heterocycles. The van der Waals surface area contributed by atoms with Gasteiger partial charge in [-0.05, 0) is 18.6 Å². The molecule has 0 aliphatic heterocycles. The lowest BCUT2D eigenvalue weighted by molar-refractivity contribution is 0.428. The van der Waals surface area contributed by atoms with E-state index >= 15 is 0 Å². The van der Waals surface area contributed by atoms with Crippen molar-refractivity contribution in [3.05, 3.63) is 51.4 Å². The van der Waals surface area contributed by atoms with Crippen LogP contribution in [0.3, 0.4) is 0 Å². The molecule has 0 saturated carbocycles. The van der Waals surface area contributed by atoms with Crippen LogP contribution in [0, 0.1) is 11.6 Å². The number of halogens is 3. The summed E-state index contributed by atoms with van der Waals surface area (Å²) in [6, 6.07) is 2.74. The van der Waals surface area contributed by atoms with Gasteiger partial charge in [0.1, 0.15) is 16.5 Å². The molecule has 0 aliphatic carbocycles. The van der Waals surface area contributed by atoms with E-state index in [1.807, 2.05) is 0 Å². The van der Waals surface area contributed by atoms with Crippen LogP contribution in [-0.2, 0) is 10.0 Å². The molecule has 0 radical (unpaired) electrons. The summed E-state index contributed by atoms with van der Waals surface area (Å²) < 4.78 is 52.0. The summed E-state index contributed by atoms with van der Waals surface area (Å²) in [6.45, 7) is 2.76. The number of rotatable bonds is 8. The van der Waals surface area contributed by atoms with Gasteiger partial charge >= 0.3 is 0 Å². The third-order valence-electron chi connectivity index (χ3n) is 3.78. The quantitative estimate of drug-likeness (QED) is 0.662. The lowest BCUT2D eigenvalue weighted by Crippen LogP contribution is -2.31. The lowest BCUT2D eigenvalue weighted by Gasteiger charge is -2.18. The van der Waals surface area contributed by atoms with E-state index < -0.39 is 27.2 Å². The first-order valence-electron chi connectivity index (χ1n) is 8.07. The number of nitrogens with one attached hydrogen (secondary N) is 1. The van der Waals surface area contributed by atoms with Crippen LogP contribution >= 0.6 is 11.6 Å². The summed E-state index contributed by atoms with van der Waals surface area (Å²) in [7, 11) is -3.27. The van der Waals surface area contributed by atoms with Crippen molar-refractivity contribution in [3.63, 3.8) is 0 Å². The van der Waals surface area contributed by atoms with Gasteiger partial charge in [-0.1, -0.05) is 18.5 Å². The van der Waals surface area contributed by atoms with Crippen molar-refractivity contribution in [2.45, 2.75) is 13.3 Å². The molecule has 1 N–H and O–H groups in total. The van der Waals surface area contributed by atoms with E-state index in [-0.39, 0.29) is 16.4 Å². The first kappa shape index (κ1) is 21.3. The van der Waals surface area contributed by atoms with E-state index in [9.17, 15) is 22.0 Å². The Labute approximate surface area is 160 Å². The third-order valence-corrected chi connectivity index (χ3v) is 5.52. The molecule has 0 aliphatic rings. The molecule has 1 heterocycles. The van der Waals surface area contributed by atoms with Crippen molar-refractivity contribution < 1.29 is 17.2 Å². The summed E-state index contributed by atoms with van der Waals surface area (Å²) in [5.41, 5.74) is -0.747. The smallest absolute Gasteiger partial charge is 0.292 e. The van der Waals surface area contributed by atoms with E-state index in [4.69, 9.17) is 11.6 Å². The Bertz CT molecular complexity index is 982. The maximum absolute atomic E-state index is 13.9. The average Bonchev–Trinajstić information content (AvgIpc) is 2.58. The highest BCUT2D eigenvalue weighted by molar-refractivity contribution is 7.88. The van der Waals surface area contributed by atoms with Crippen LogP contribution in [0.5, 0.6) is 0 Å². The van der Waals surface area contributed by atoms with Gasteiger partial charge in [0.05, 0.1) is 18.1 Å². The minimum atomic E-state index is -3.27. The predicted octanol–water partition coefficient (Wildman–Crippen LogP) is 2.25. The molecule has 2 aromatic rings. The summed E-state index contributed by atoms with van der Waals surface area (Å²) in [5, 5.41) is 6.56. The van der Waals surface area contributed by atoms with Gasteiger partial charge in [0.25, 0.3) is 5.56 Å². The molecule has 1 aromatic carbocycles. The highest BCUT2D eigenvalue weighted by Gasteiger charge is 2.15. The van der Waals surface area contributed by atoms with Gasteiger partial charge in [-0.25, -0.2) is 21.5 Å². The van der Waals surface area contributed by atoms with Crippen LogP contribution in [0.4, 0.5) is 14.5 Å². The predicted molar refractivity (Wildman–Crippen MR) is 100.0 cm³/mol. The zero-order valence-corrected chi connectivity index (χ0v) is 16.3. The highest BCUT2D eigenvalue weighted by atomic mass is 35.5. The van der Waals surface area contributed by atoms with Crippen LogP contribution in [-0.4, -0.2) is 48.4 Å². The second-order valence-electron chi connectivity index (χ2n) is 5.72. The second kappa shape index (κ2) is 8.77. The van der Waals surface area contributed by atoms with E-state index in [2.05, 4.69) is 10.4 Å². The summed E-state index contributed by atoms with van der Waals surface area (Å²) >= 11 is 6.03. The summed E-state index contributed by atoms with van der Waals surface area (Å²) in [4.78, 5) is 12.3. The minimum Gasteiger partial charge on any atom is -0.382 e. The Hall–Kier alpha value is -2.04. The van der Waals surface area contributed by atoms with E-state index in [0.29, 0.717) is 32.1 Å². The first-order valence-corrected chi connectivity index (χ1v) is 10.3. The van der Waals surface area contributed by atoms with Crippen molar-refractivity contribution >= 4 is 27.3 Å². The van der Waals surface area contributed by atoms with Crippen LogP contribution in [0.2, 0.25) is 5.02 Å². The van der Waals surface area contributed by atoms with Crippen molar-refractivity contribution in [3.8, 4) is 5.69 Å². The maximum Gasteiger partial charge on any atom is 0.292 e. The van der Waals surface area contributed by atoms with Gasteiger partial charge in [-0.2, -0.15) is 9.78 Å². The standard InChI is InChI=1S/C16H19ClF2N4O3S/c1-3-22(27(2,25)26)8-4-7-20-13-10-21-23(16(24)15(13)17)14-6-5-11(18)9-12(14)19/h5-6,9-10,20H,3-4,7-8H2,1-2H3. The number of aromatic nitrogens is 2. The molecular formula is C16H19ClF2N4O3S. The molecule has 0 saturated heterocycles. The Morgan fingerprint density at radius 2 is 2.04 bits per heavy atom. The van der Waals surface area contributed by atoms with Gasteiger partial charge in [-0.15, -0.1) is 0 Å². The van der Waals surface area contributed by atoms with E-state index in [1.54, 1.807) is 6.92 Å². The van der Waals surface area contributed by atoms with Crippen molar-refractivity contribution in [1.82, 2.24) is 14.1 Å². The molecular weight excluding hydrogens is 402 g/mol. The Morgan fingerprint density at radius 1 is 1.33 bits per heavy atom. The van der Waals surface area contributed by atoms with E-state index in [0.717, 1.165) is 23.1 Å². The zero-order chi connectivity index (χ0) is 20.2. The topological polar surface area (TPSA) is 84.3 Å². The maximum atomic E-state index is 13.9. The molecule has 0 unspecified atom stereocenters. The van der Waals surface area contributed by atoms with Gasteiger partial charge in [-0.3, -0.25) is 4.79 Å². The largest absolute Gasteiger partial charge is 0.382 e. The minimum absolute atomic E-state index is 0.204. The molecule has 2 rings (SSSR count). The Balaban J connectivity index is 2.10. The molecule has 148 valence electrons. The van der Waals surface area contributed by atoms with Gasteiger partial charge < -0.3 is 5.32 Å². The van der Waals surface area contributed by atoms with E-state index in [1.165, 1.54) is 10.5 Å². The second-order valence-corrected chi connectivity index (χ2v) is 8.08. The summed E-state index contributed by atoms with van der Waals surface area (Å²) in [5.74, 6) is -1.72. The Morgan fingerprint density at radius 3 is 2.63 bits per heavy atom. The Kier molecular flexibility index (Phi) is 6.90. The van der Waals surface area contributed by atoms with Crippen molar-refractivity contribution in [1.29, 1.82) is 0 Å². The molecule has 11 heteroatoms. The van der Waals surface area contributed by atoms with Crippen LogP contribution in [0.25, 0.3) is 5.69 Å². The monoisotopic (exact) mass is 420 g/mol. The third kappa shape index (κ3) is 5.24. The van der Waals surface area contributed by atoms with Crippen LogP contribution in [0.1, 0.15) is 13.3 Å². The number of benzene rings is 1. The fourth-order valence-corrected chi connectivity index (χ4v) is 3.54. The fourth-order valence-electron chi connectivity index (χ4n) is 2.42. The molecule has 0 bridgehead atoms. The number of anilines is 1. The normalized spacial score (nSPS) is 11.8. The molecule has 0 amide bonds. The SMILES string of the molecule is CCN(CCCNc1cnn(-c2ccc(F)cc2F)c(=O)c1Cl)S(C)(=O)=O. The number of nitrogens with zero attached hydrogens (tertiary/aromatic N) is 3. The van der Waals surface area contributed by atoms with Crippen molar-refractivity contribution in [2.75, 3.05) is 31.2 Å². The molecule has 0 spiro atoms.